The fourth-order valence-electron chi connectivity index (χ4n) is 2.76. The summed E-state index contributed by atoms with van der Waals surface area (Å²) < 4.78 is 0. The van der Waals surface area contributed by atoms with E-state index in [0.29, 0.717) is 17.4 Å². The van der Waals surface area contributed by atoms with Crippen molar-refractivity contribution in [2.24, 2.45) is 0 Å². The third-order valence-electron chi connectivity index (χ3n) is 4.04. The number of rotatable bonds is 9. The number of hydrogen-bond donors (Lipinski definition) is 2. The summed E-state index contributed by atoms with van der Waals surface area (Å²) in [5, 5.41) is 18.9. The van der Waals surface area contributed by atoms with Crippen molar-refractivity contribution in [3.05, 3.63) is 66.5 Å². The Labute approximate surface area is 175 Å². The number of aliphatic hydroxyl groups excluding tert-OH is 1. The van der Waals surface area contributed by atoms with Crippen molar-refractivity contribution in [1.29, 1.82) is 0 Å². The Morgan fingerprint density at radius 1 is 0.929 bits per heavy atom. The highest BCUT2D eigenvalue weighted by Gasteiger charge is 2.15. The molecule has 2 nitrogen and oxygen atoms in total. The summed E-state index contributed by atoms with van der Waals surface area (Å²) in [5.74, 6) is 1.00. The zero-order valence-electron chi connectivity index (χ0n) is 19.6. The van der Waals surface area contributed by atoms with Gasteiger partial charge in [0.25, 0.3) is 0 Å². The van der Waals surface area contributed by atoms with Gasteiger partial charge in [-0.2, -0.15) is 0 Å². The summed E-state index contributed by atoms with van der Waals surface area (Å²) >= 11 is 0. The molecule has 0 saturated heterocycles. The molecule has 1 aromatic carbocycles. The van der Waals surface area contributed by atoms with E-state index in [-0.39, 0.29) is 0 Å². The van der Waals surface area contributed by atoms with E-state index >= 15 is 0 Å². The van der Waals surface area contributed by atoms with Crippen molar-refractivity contribution >= 4 is 0 Å². The molecule has 1 atom stereocenters. The molecular weight excluding hydrogens is 344 g/mol. The zero-order chi connectivity index (χ0) is 22.4. The molecule has 0 aliphatic carbocycles. The number of unbranched alkanes of at least 4 members (excludes halogenated alkanes) is 3. The molecule has 0 spiro atoms. The van der Waals surface area contributed by atoms with Gasteiger partial charge in [0.15, 0.2) is 0 Å². The maximum absolute atomic E-state index is 9.50. The van der Waals surface area contributed by atoms with Crippen LogP contribution < -0.4 is 0 Å². The number of aliphatic hydroxyl groups is 1. The molecule has 0 fully saturated rings. The smallest absolute Gasteiger partial charge is 0.115 e. The minimum atomic E-state index is 0.307. The molecule has 2 N–H and O–H groups in total. The first-order valence-corrected chi connectivity index (χ1v) is 10.9. The van der Waals surface area contributed by atoms with Gasteiger partial charge in [0.1, 0.15) is 5.75 Å². The lowest BCUT2D eigenvalue weighted by atomic mass is 9.85. The second-order valence-corrected chi connectivity index (χ2v) is 5.90. The highest BCUT2D eigenvalue weighted by molar-refractivity contribution is 5.34. The average Bonchev–Trinajstić information content (AvgIpc) is 2.75. The van der Waals surface area contributed by atoms with E-state index in [4.69, 9.17) is 0 Å². The lowest BCUT2D eigenvalue weighted by Gasteiger charge is -2.20. The summed E-state index contributed by atoms with van der Waals surface area (Å²) in [7, 11) is 0. The van der Waals surface area contributed by atoms with Gasteiger partial charge in [0.05, 0.1) is 5.76 Å². The van der Waals surface area contributed by atoms with E-state index < -0.39 is 0 Å². The van der Waals surface area contributed by atoms with Gasteiger partial charge in [-0.05, 0) is 43.5 Å². The van der Waals surface area contributed by atoms with Gasteiger partial charge in [0.2, 0.25) is 0 Å². The zero-order valence-corrected chi connectivity index (χ0v) is 19.6. The van der Waals surface area contributed by atoms with Crippen molar-refractivity contribution in [2.75, 3.05) is 0 Å². The highest BCUT2D eigenvalue weighted by Crippen LogP contribution is 2.33. The summed E-state index contributed by atoms with van der Waals surface area (Å²) in [6, 6.07) is 7.54. The van der Waals surface area contributed by atoms with Crippen LogP contribution in [0.1, 0.15) is 98.5 Å². The van der Waals surface area contributed by atoms with Crippen LogP contribution in [0.5, 0.6) is 5.75 Å². The summed E-state index contributed by atoms with van der Waals surface area (Å²) in [5.41, 5.74) is 2.57. The van der Waals surface area contributed by atoms with Crippen LogP contribution in [0, 0.1) is 0 Å². The van der Waals surface area contributed by atoms with E-state index in [1.807, 2.05) is 45.9 Å². The van der Waals surface area contributed by atoms with E-state index in [1.54, 1.807) is 25.1 Å². The van der Waals surface area contributed by atoms with E-state index in [9.17, 15) is 10.2 Å². The van der Waals surface area contributed by atoms with Crippen molar-refractivity contribution in [2.45, 2.75) is 92.9 Å². The van der Waals surface area contributed by atoms with Gasteiger partial charge in [-0.3, -0.25) is 0 Å². The number of hydrogen-bond acceptors (Lipinski definition) is 2. The van der Waals surface area contributed by atoms with Crippen molar-refractivity contribution in [3.8, 4) is 5.75 Å². The van der Waals surface area contributed by atoms with Gasteiger partial charge < -0.3 is 10.2 Å². The van der Waals surface area contributed by atoms with Crippen LogP contribution in [-0.2, 0) is 0 Å². The average molecular weight is 391 g/mol. The number of aromatic hydroxyl groups is 1. The molecule has 0 saturated carbocycles. The van der Waals surface area contributed by atoms with Crippen LogP contribution >= 0.6 is 0 Å². The van der Waals surface area contributed by atoms with Crippen LogP contribution in [-0.4, -0.2) is 10.2 Å². The van der Waals surface area contributed by atoms with Crippen LogP contribution in [0.3, 0.4) is 0 Å². The van der Waals surface area contributed by atoms with Crippen molar-refractivity contribution in [1.82, 2.24) is 0 Å². The third-order valence-corrected chi connectivity index (χ3v) is 4.04. The van der Waals surface area contributed by atoms with E-state index in [2.05, 4.69) is 27.0 Å². The Bertz CT molecular complexity index is 494. The highest BCUT2D eigenvalue weighted by atomic mass is 16.3. The lowest BCUT2D eigenvalue weighted by molar-refractivity contribution is 0.414. The Hall–Kier alpha value is -1.96. The normalized spacial score (nSPS) is 11.7. The molecule has 0 radical (unpaired) electrons. The van der Waals surface area contributed by atoms with Gasteiger partial charge in [-0.1, -0.05) is 91.0 Å². The van der Waals surface area contributed by atoms with E-state index in [1.165, 1.54) is 36.8 Å². The van der Waals surface area contributed by atoms with Gasteiger partial charge in [-0.25, -0.2) is 0 Å². The first kappa shape index (κ1) is 30.8. The third kappa shape index (κ3) is 15.1. The Kier molecular flexibility index (Phi) is 25.4. The number of benzene rings is 1. The molecule has 0 bridgehead atoms. The van der Waals surface area contributed by atoms with Gasteiger partial charge in [-0.15, -0.1) is 13.2 Å². The molecule has 0 aliphatic rings. The Morgan fingerprint density at radius 3 is 1.89 bits per heavy atom. The van der Waals surface area contributed by atoms with Crippen LogP contribution in [0.25, 0.3) is 0 Å². The predicted octanol–water partition coefficient (Wildman–Crippen LogP) is 9.10. The fourth-order valence-corrected chi connectivity index (χ4v) is 2.76. The molecule has 0 aromatic heterocycles. The monoisotopic (exact) mass is 390 g/mol. The first-order valence-electron chi connectivity index (χ1n) is 10.9. The van der Waals surface area contributed by atoms with Crippen LogP contribution in [0.2, 0.25) is 0 Å². The second kappa shape index (κ2) is 23.1. The molecular formula is C26H46O2. The fraction of sp³-hybridized carbons (Fsp3) is 0.538. The van der Waals surface area contributed by atoms with Crippen molar-refractivity contribution in [3.63, 3.8) is 0 Å². The van der Waals surface area contributed by atoms with Gasteiger partial charge in [0, 0.05) is 5.92 Å². The molecule has 0 amide bonds. The van der Waals surface area contributed by atoms with Crippen LogP contribution in [0.4, 0.5) is 0 Å². The molecule has 2 heteroatoms. The van der Waals surface area contributed by atoms with Gasteiger partial charge >= 0.3 is 0 Å². The molecule has 1 unspecified atom stereocenters. The lowest BCUT2D eigenvalue weighted by Crippen LogP contribution is -2.03. The molecule has 162 valence electrons. The Morgan fingerprint density at radius 2 is 1.46 bits per heavy atom. The second-order valence-electron chi connectivity index (χ2n) is 5.90. The maximum Gasteiger partial charge on any atom is 0.115 e. The summed E-state index contributed by atoms with van der Waals surface area (Å²) in [6.07, 6.45) is 10.9. The molecule has 1 aromatic rings. The first-order chi connectivity index (χ1) is 13.6. The number of allylic oxidation sites excluding steroid dienone is 4. The van der Waals surface area contributed by atoms with E-state index in [0.717, 1.165) is 12.8 Å². The minimum Gasteiger partial charge on any atom is -0.513 e. The maximum atomic E-state index is 9.50. The van der Waals surface area contributed by atoms with Crippen LogP contribution in [0.15, 0.2) is 60.9 Å². The molecule has 1 rings (SSSR count). The Balaban J connectivity index is -0.000000946. The topological polar surface area (TPSA) is 40.5 Å². The number of phenols is 1. The number of phenolic OH excluding ortho intramolecular Hbond substituents is 1. The summed E-state index contributed by atoms with van der Waals surface area (Å²) in [6.45, 7) is 20.1. The molecule has 0 aliphatic heterocycles. The standard InChI is InChI=1S/C20H30O2.2C2H6.C2H4/c1-4-6-7-8-9-20(17(5-2)11-10-16(3)21)18-12-14-19(22)15-13-18;3*1-2/h10-15,20-22H,4-9H2,1-3H3;2*1-2H3;1-2H2/b16-10+,17-11+;;;. The molecule has 28 heavy (non-hydrogen) atoms. The van der Waals surface area contributed by atoms with Crippen molar-refractivity contribution < 1.29 is 10.2 Å². The summed E-state index contributed by atoms with van der Waals surface area (Å²) in [4.78, 5) is 0. The minimum absolute atomic E-state index is 0.307. The largest absolute Gasteiger partial charge is 0.513 e. The molecule has 0 heterocycles. The SMILES string of the molecule is C=C.CC.CC.CCCCCCC(/C(=C/C=C(\C)O)CC)c1ccc(O)cc1. The predicted molar refractivity (Wildman–Crippen MR) is 128 cm³/mol. The quantitative estimate of drug-likeness (QED) is 0.191.